The third-order valence-corrected chi connectivity index (χ3v) is 3.76. The minimum atomic E-state index is -0.661. The van der Waals surface area contributed by atoms with Crippen LogP contribution < -0.4 is 11.1 Å². The molecule has 0 radical (unpaired) electrons. The predicted molar refractivity (Wildman–Crippen MR) is 73.0 cm³/mol. The summed E-state index contributed by atoms with van der Waals surface area (Å²) in [6, 6.07) is 0. The second-order valence-electron chi connectivity index (χ2n) is 6.14. The van der Waals surface area contributed by atoms with Gasteiger partial charge in [0.2, 0.25) is 5.91 Å². The van der Waals surface area contributed by atoms with Gasteiger partial charge in [0.05, 0.1) is 5.60 Å². The van der Waals surface area contributed by atoms with Gasteiger partial charge in [0, 0.05) is 13.0 Å². The fourth-order valence-electron chi connectivity index (χ4n) is 2.74. The second-order valence-corrected chi connectivity index (χ2v) is 6.14. The zero-order valence-corrected chi connectivity index (χ0v) is 11.7. The first-order valence-electron chi connectivity index (χ1n) is 7.14. The van der Waals surface area contributed by atoms with Crippen LogP contribution in [0.4, 0.5) is 0 Å². The van der Waals surface area contributed by atoms with E-state index in [-0.39, 0.29) is 11.8 Å². The van der Waals surface area contributed by atoms with Crippen molar-refractivity contribution in [2.75, 3.05) is 13.1 Å². The standard InChI is InChI=1S/C14H28N2O2/c1-11(2)7-12(9-15)8-13(17)16-10-14(18)5-3-4-6-14/h11-12,18H,3-10,15H2,1-2H3,(H,16,17). The summed E-state index contributed by atoms with van der Waals surface area (Å²) < 4.78 is 0. The quantitative estimate of drug-likeness (QED) is 0.645. The molecule has 0 bridgehead atoms. The van der Waals surface area contributed by atoms with Crippen molar-refractivity contribution in [1.29, 1.82) is 0 Å². The number of hydrogen-bond acceptors (Lipinski definition) is 3. The zero-order chi connectivity index (χ0) is 13.6. The molecular weight excluding hydrogens is 228 g/mol. The summed E-state index contributed by atoms with van der Waals surface area (Å²) in [4.78, 5) is 11.8. The Morgan fingerprint density at radius 2 is 2.00 bits per heavy atom. The van der Waals surface area contributed by atoms with Gasteiger partial charge in [-0.15, -0.1) is 0 Å². The van der Waals surface area contributed by atoms with Crippen molar-refractivity contribution in [2.24, 2.45) is 17.6 Å². The molecule has 4 nitrogen and oxygen atoms in total. The van der Waals surface area contributed by atoms with E-state index in [1.165, 1.54) is 0 Å². The van der Waals surface area contributed by atoms with E-state index >= 15 is 0 Å². The van der Waals surface area contributed by atoms with Gasteiger partial charge in [-0.25, -0.2) is 0 Å². The Labute approximate surface area is 110 Å². The van der Waals surface area contributed by atoms with Gasteiger partial charge in [-0.3, -0.25) is 4.79 Å². The monoisotopic (exact) mass is 256 g/mol. The summed E-state index contributed by atoms with van der Waals surface area (Å²) in [7, 11) is 0. The van der Waals surface area contributed by atoms with E-state index < -0.39 is 5.60 Å². The Morgan fingerprint density at radius 1 is 1.39 bits per heavy atom. The normalized spacial score (nSPS) is 20.1. The van der Waals surface area contributed by atoms with Crippen LogP contribution in [0.25, 0.3) is 0 Å². The molecule has 0 aromatic carbocycles. The number of rotatable bonds is 7. The van der Waals surface area contributed by atoms with Gasteiger partial charge >= 0.3 is 0 Å². The Balaban J connectivity index is 2.27. The molecule has 106 valence electrons. The number of hydrogen-bond donors (Lipinski definition) is 3. The fraction of sp³-hybridized carbons (Fsp3) is 0.929. The van der Waals surface area contributed by atoms with Crippen molar-refractivity contribution in [3.05, 3.63) is 0 Å². The molecule has 1 aliphatic rings. The number of amides is 1. The fourth-order valence-corrected chi connectivity index (χ4v) is 2.74. The molecule has 18 heavy (non-hydrogen) atoms. The highest BCUT2D eigenvalue weighted by atomic mass is 16.3. The molecule has 0 aliphatic heterocycles. The van der Waals surface area contributed by atoms with Crippen LogP contribution in [0.15, 0.2) is 0 Å². The summed E-state index contributed by atoms with van der Waals surface area (Å²) >= 11 is 0. The van der Waals surface area contributed by atoms with Gasteiger partial charge in [-0.05, 0) is 37.6 Å². The maximum Gasteiger partial charge on any atom is 0.220 e. The highest BCUT2D eigenvalue weighted by Gasteiger charge is 2.31. The Kier molecular flexibility index (Phi) is 6.09. The summed E-state index contributed by atoms with van der Waals surface area (Å²) in [5.41, 5.74) is 5.02. The Morgan fingerprint density at radius 3 is 2.50 bits per heavy atom. The molecule has 0 spiro atoms. The van der Waals surface area contributed by atoms with E-state index in [2.05, 4.69) is 19.2 Å². The van der Waals surface area contributed by atoms with Crippen LogP contribution >= 0.6 is 0 Å². The van der Waals surface area contributed by atoms with Gasteiger partial charge < -0.3 is 16.2 Å². The first-order chi connectivity index (χ1) is 8.45. The maximum absolute atomic E-state index is 11.8. The van der Waals surface area contributed by atoms with Gasteiger partial charge in [0.25, 0.3) is 0 Å². The van der Waals surface area contributed by atoms with Crippen LogP contribution in [0.1, 0.15) is 52.4 Å². The minimum absolute atomic E-state index is 0.0198. The second kappa shape index (κ2) is 7.10. The van der Waals surface area contributed by atoms with Crippen molar-refractivity contribution >= 4 is 5.91 Å². The lowest BCUT2D eigenvalue weighted by Gasteiger charge is -2.23. The van der Waals surface area contributed by atoms with E-state index in [1.807, 2.05) is 0 Å². The molecule has 1 atom stereocenters. The summed E-state index contributed by atoms with van der Waals surface area (Å²) in [5, 5.41) is 13.0. The van der Waals surface area contributed by atoms with E-state index in [1.54, 1.807) is 0 Å². The lowest BCUT2D eigenvalue weighted by molar-refractivity contribution is -0.123. The number of aliphatic hydroxyl groups is 1. The molecule has 1 unspecified atom stereocenters. The molecular formula is C14H28N2O2. The molecule has 1 fully saturated rings. The minimum Gasteiger partial charge on any atom is -0.388 e. The van der Waals surface area contributed by atoms with E-state index in [0.29, 0.717) is 25.4 Å². The van der Waals surface area contributed by atoms with Gasteiger partial charge in [-0.2, -0.15) is 0 Å². The van der Waals surface area contributed by atoms with Crippen LogP contribution in [0, 0.1) is 11.8 Å². The molecule has 0 aromatic rings. The SMILES string of the molecule is CC(C)CC(CN)CC(=O)NCC1(O)CCCC1. The molecule has 0 aromatic heterocycles. The highest BCUT2D eigenvalue weighted by molar-refractivity contribution is 5.76. The summed E-state index contributed by atoms with van der Waals surface area (Å²) in [5.74, 6) is 0.833. The van der Waals surface area contributed by atoms with Crippen LogP contribution in [0.5, 0.6) is 0 Å². The average molecular weight is 256 g/mol. The van der Waals surface area contributed by atoms with Crippen molar-refractivity contribution in [3.63, 3.8) is 0 Å². The van der Waals surface area contributed by atoms with Crippen molar-refractivity contribution in [3.8, 4) is 0 Å². The predicted octanol–water partition coefficient (Wildman–Crippen LogP) is 1.42. The number of carbonyl (C=O) groups excluding carboxylic acids is 1. The topological polar surface area (TPSA) is 75.4 Å². The van der Waals surface area contributed by atoms with E-state index in [4.69, 9.17) is 5.73 Å². The highest BCUT2D eigenvalue weighted by Crippen LogP contribution is 2.28. The lowest BCUT2D eigenvalue weighted by atomic mass is 9.94. The molecule has 4 N–H and O–H groups in total. The average Bonchev–Trinajstić information content (AvgIpc) is 2.73. The van der Waals surface area contributed by atoms with E-state index in [9.17, 15) is 9.90 Å². The lowest BCUT2D eigenvalue weighted by Crippen LogP contribution is -2.41. The van der Waals surface area contributed by atoms with Crippen LogP contribution in [0.3, 0.4) is 0 Å². The first-order valence-corrected chi connectivity index (χ1v) is 7.14. The van der Waals surface area contributed by atoms with Gasteiger partial charge in [0.1, 0.15) is 0 Å². The Bertz CT molecular complexity index is 261. The van der Waals surface area contributed by atoms with Gasteiger partial charge in [-0.1, -0.05) is 26.7 Å². The maximum atomic E-state index is 11.8. The van der Waals surface area contributed by atoms with Crippen LogP contribution in [-0.4, -0.2) is 29.7 Å². The summed E-state index contributed by atoms with van der Waals surface area (Å²) in [6.45, 7) is 5.23. The molecule has 1 saturated carbocycles. The molecule has 0 heterocycles. The van der Waals surface area contributed by atoms with Gasteiger partial charge in [0.15, 0.2) is 0 Å². The van der Waals surface area contributed by atoms with Crippen LogP contribution in [-0.2, 0) is 4.79 Å². The third kappa shape index (κ3) is 5.36. The smallest absolute Gasteiger partial charge is 0.220 e. The molecule has 0 saturated heterocycles. The molecule has 1 rings (SSSR count). The summed E-state index contributed by atoms with van der Waals surface area (Å²) in [6.07, 6.45) is 5.19. The number of nitrogens with one attached hydrogen (secondary N) is 1. The zero-order valence-electron chi connectivity index (χ0n) is 11.7. The Hall–Kier alpha value is -0.610. The number of nitrogens with two attached hydrogens (primary N) is 1. The first kappa shape index (κ1) is 15.4. The largest absolute Gasteiger partial charge is 0.388 e. The molecule has 4 heteroatoms. The van der Waals surface area contributed by atoms with Crippen LogP contribution in [0.2, 0.25) is 0 Å². The number of carbonyl (C=O) groups is 1. The third-order valence-electron chi connectivity index (χ3n) is 3.76. The van der Waals surface area contributed by atoms with Crippen molar-refractivity contribution in [2.45, 2.75) is 58.0 Å². The van der Waals surface area contributed by atoms with Crippen molar-refractivity contribution < 1.29 is 9.90 Å². The van der Waals surface area contributed by atoms with Crippen molar-refractivity contribution in [1.82, 2.24) is 5.32 Å². The molecule has 1 aliphatic carbocycles. The molecule has 1 amide bonds. The van der Waals surface area contributed by atoms with E-state index in [0.717, 1.165) is 32.1 Å².